The van der Waals surface area contributed by atoms with E-state index >= 15 is 0 Å². The fourth-order valence-electron chi connectivity index (χ4n) is 3.05. The molecule has 3 aromatic carbocycles. The average Bonchev–Trinajstić information content (AvgIpc) is 2.77. The normalized spacial score (nSPS) is 12.1. The summed E-state index contributed by atoms with van der Waals surface area (Å²) in [5.74, 6) is 0.624. The zero-order chi connectivity index (χ0) is 18.8. The third-order valence-corrected chi connectivity index (χ3v) is 4.31. The van der Waals surface area contributed by atoms with Gasteiger partial charge in [-0.25, -0.2) is 0 Å². The topological polar surface area (TPSA) is 67.4 Å². The number of carbonyl (C=O) groups excluding carboxylic acids is 2. The first-order valence-electron chi connectivity index (χ1n) is 8.66. The van der Waals surface area contributed by atoms with Crippen molar-refractivity contribution >= 4 is 23.2 Å². The van der Waals surface area contributed by atoms with Crippen LogP contribution in [0.15, 0.2) is 66.7 Å². The Labute approximate surface area is 157 Å². The Hall–Kier alpha value is -3.60. The molecule has 0 atom stereocenters. The summed E-state index contributed by atoms with van der Waals surface area (Å²) in [4.78, 5) is 24.9. The minimum atomic E-state index is -0.273. The Morgan fingerprint density at radius 1 is 1.00 bits per heavy atom. The SMILES string of the molecule is Cc1cccc(CC(=O)Nc2ccc3c(c2)C(=O)Nc2ccccc2O3)c1. The van der Waals surface area contributed by atoms with Crippen LogP contribution in [-0.2, 0) is 11.2 Å². The predicted octanol–water partition coefficient (Wildman–Crippen LogP) is 4.53. The molecule has 0 fully saturated rings. The lowest BCUT2D eigenvalue weighted by molar-refractivity contribution is -0.115. The molecule has 0 saturated heterocycles. The van der Waals surface area contributed by atoms with Gasteiger partial charge in [0.05, 0.1) is 17.7 Å². The number of benzene rings is 3. The van der Waals surface area contributed by atoms with E-state index in [4.69, 9.17) is 4.74 Å². The van der Waals surface area contributed by atoms with Gasteiger partial charge in [0.25, 0.3) is 5.91 Å². The highest BCUT2D eigenvalue weighted by Gasteiger charge is 2.21. The molecule has 0 spiro atoms. The Bertz CT molecular complexity index is 1040. The molecule has 2 amide bonds. The van der Waals surface area contributed by atoms with Crippen LogP contribution in [0.4, 0.5) is 11.4 Å². The second-order valence-electron chi connectivity index (χ2n) is 6.48. The molecule has 0 aromatic heterocycles. The van der Waals surface area contributed by atoms with Crippen LogP contribution in [0.2, 0.25) is 0 Å². The predicted molar refractivity (Wildman–Crippen MR) is 104 cm³/mol. The molecule has 0 saturated carbocycles. The van der Waals surface area contributed by atoms with Crippen LogP contribution in [0.3, 0.4) is 0 Å². The van der Waals surface area contributed by atoms with E-state index in [0.717, 1.165) is 11.1 Å². The van der Waals surface area contributed by atoms with E-state index in [2.05, 4.69) is 10.6 Å². The van der Waals surface area contributed by atoms with Gasteiger partial charge in [-0.3, -0.25) is 9.59 Å². The van der Waals surface area contributed by atoms with Crippen LogP contribution in [-0.4, -0.2) is 11.8 Å². The second kappa shape index (κ2) is 6.96. The lowest BCUT2D eigenvalue weighted by Crippen LogP contribution is -2.16. The fourth-order valence-corrected chi connectivity index (χ4v) is 3.05. The number of ether oxygens (including phenoxy) is 1. The highest BCUT2D eigenvalue weighted by atomic mass is 16.5. The van der Waals surface area contributed by atoms with Crippen molar-refractivity contribution in [2.45, 2.75) is 13.3 Å². The minimum Gasteiger partial charge on any atom is -0.454 e. The molecule has 1 aliphatic heterocycles. The smallest absolute Gasteiger partial charge is 0.259 e. The van der Waals surface area contributed by atoms with Crippen LogP contribution in [0.1, 0.15) is 21.5 Å². The molecule has 27 heavy (non-hydrogen) atoms. The maximum absolute atomic E-state index is 12.5. The number of para-hydroxylation sites is 2. The monoisotopic (exact) mass is 358 g/mol. The molecule has 1 heterocycles. The van der Waals surface area contributed by atoms with Gasteiger partial charge in [0.2, 0.25) is 5.91 Å². The molecule has 4 rings (SSSR count). The maximum atomic E-state index is 12.5. The van der Waals surface area contributed by atoms with E-state index < -0.39 is 0 Å². The van der Waals surface area contributed by atoms with Gasteiger partial charge in [0.15, 0.2) is 5.75 Å². The van der Waals surface area contributed by atoms with Crippen molar-refractivity contribution < 1.29 is 14.3 Å². The molecule has 0 unspecified atom stereocenters. The summed E-state index contributed by atoms with van der Waals surface area (Å²) in [5, 5.41) is 5.68. The van der Waals surface area contributed by atoms with Gasteiger partial charge < -0.3 is 15.4 Å². The number of nitrogens with one attached hydrogen (secondary N) is 2. The maximum Gasteiger partial charge on any atom is 0.259 e. The number of fused-ring (bicyclic) bond motifs is 2. The van der Waals surface area contributed by atoms with Gasteiger partial charge in [-0.1, -0.05) is 42.0 Å². The molecule has 2 N–H and O–H groups in total. The van der Waals surface area contributed by atoms with E-state index in [1.54, 1.807) is 30.3 Å². The number of hydrogen-bond acceptors (Lipinski definition) is 3. The summed E-state index contributed by atoms with van der Waals surface area (Å²) in [6.07, 6.45) is 0.271. The second-order valence-corrected chi connectivity index (χ2v) is 6.48. The Morgan fingerprint density at radius 2 is 1.85 bits per heavy atom. The van der Waals surface area contributed by atoms with Gasteiger partial charge in [0, 0.05) is 5.69 Å². The first kappa shape index (κ1) is 16.8. The number of aryl methyl sites for hydroxylation is 1. The van der Waals surface area contributed by atoms with Crippen LogP contribution >= 0.6 is 0 Å². The van der Waals surface area contributed by atoms with Crippen LogP contribution in [0, 0.1) is 6.92 Å². The first-order valence-corrected chi connectivity index (χ1v) is 8.66. The van der Waals surface area contributed by atoms with Crippen molar-refractivity contribution in [3.63, 3.8) is 0 Å². The summed E-state index contributed by atoms with van der Waals surface area (Å²) in [7, 11) is 0. The lowest BCUT2D eigenvalue weighted by atomic mass is 10.1. The number of amides is 2. The van der Waals surface area contributed by atoms with Gasteiger partial charge in [-0.15, -0.1) is 0 Å². The van der Waals surface area contributed by atoms with Crippen molar-refractivity contribution in [1.82, 2.24) is 0 Å². The number of anilines is 2. The Balaban J connectivity index is 1.54. The van der Waals surface area contributed by atoms with Gasteiger partial charge in [-0.2, -0.15) is 0 Å². The van der Waals surface area contributed by atoms with Crippen molar-refractivity contribution in [2.24, 2.45) is 0 Å². The molecule has 5 nitrogen and oxygen atoms in total. The average molecular weight is 358 g/mol. The van der Waals surface area contributed by atoms with Crippen molar-refractivity contribution in [1.29, 1.82) is 0 Å². The van der Waals surface area contributed by atoms with E-state index in [-0.39, 0.29) is 18.2 Å². The molecular weight excluding hydrogens is 340 g/mol. The summed E-state index contributed by atoms with van der Waals surface area (Å²) < 4.78 is 5.85. The zero-order valence-corrected chi connectivity index (χ0v) is 14.8. The van der Waals surface area contributed by atoms with Crippen molar-refractivity contribution in [3.8, 4) is 11.5 Å². The summed E-state index contributed by atoms with van der Waals surface area (Å²) >= 11 is 0. The molecule has 5 heteroatoms. The molecule has 134 valence electrons. The van der Waals surface area contributed by atoms with E-state index in [9.17, 15) is 9.59 Å². The quantitative estimate of drug-likeness (QED) is 0.723. The standard InChI is InChI=1S/C22H18N2O3/c1-14-5-4-6-15(11-14)12-21(25)23-16-9-10-19-17(13-16)22(26)24-18-7-2-3-8-20(18)27-19/h2-11,13H,12H2,1H3,(H,23,25)(H,24,26). The molecule has 1 aliphatic rings. The largest absolute Gasteiger partial charge is 0.454 e. The summed E-state index contributed by atoms with van der Waals surface area (Å²) in [6.45, 7) is 1.99. The third-order valence-electron chi connectivity index (χ3n) is 4.31. The third kappa shape index (κ3) is 3.67. The fraction of sp³-hybridized carbons (Fsp3) is 0.0909. The van der Waals surface area contributed by atoms with Gasteiger partial charge >= 0.3 is 0 Å². The van der Waals surface area contributed by atoms with Crippen molar-refractivity contribution in [2.75, 3.05) is 10.6 Å². The number of rotatable bonds is 3. The summed E-state index contributed by atoms with van der Waals surface area (Å²) in [6, 6.07) is 20.1. The van der Waals surface area contributed by atoms with Gasteiger partial charge in [-0.05, 0) is 42.8 Å². The molecule has 3 aromatic rings. The highest BCUT2D eigenvalue weighted by molar-refractivity contribution is 6.09. The highest BCUT2D eigenvalue weighted by Crippen LogP contribution is 2.36. The molecule has 0 bridgehead atoms. The Kier molecular flexibility index (Phi) is 4.34. The van der Waals surface area contributed by atoms with E-state index in [1.807, 2.05) is 43.3 Å². The van der Waals surface area contributed by atoms with Gasteiger partial charge in [0.1, 0.15) is 5.75 Å². The first-order chi connectivity index (χ1) is 13.1. The molecular formula is C22H18N2O3. The molecule has 0 radical (unpaired) electrons. The van der Waals surface area contributed by atoms with Crippen LogP contribution < -0.4 is 15.4 Å². The van der Waals surface area contributed by atoms with E-state index in [0.29, 0.717) is 28.4 Å². The number of hydrogen-bond donors (Lipinski definition) is 2. The Morgan fingerprint density at radius 3 is 2.70 bits per heavy atom. The zero-order valence-electron chi connectivity index (χ0n) is 14.8. The van der Waals surface area contributed by atoms with E-state index in [1.165, 1.54) is 0 Å². The van der Waals surface area contributed by atoms with Crippen molar-refractivity contribution in [3.05, 3.63) is 83.4 Å². The van der Waals surface area contributed by atoms with Crippen LogP contribution in [0.25, 0.3) is 0 Å². The van der Waals surface area contributed by atoms with Crippen LogP contribution in [0.5, 0.6) is 11.5 Å². The summed E-state index contributed by atoms with van der Waals surface area (Å²) in [5.41, 5.74) is 3.59. The number of carbonyl (C=O) groups is 2. The lowest BCUT2D eigenvalue weighted by Gasteiger charge is -2.10. The minimum absolute atomic E-state index is 0.140. The molecule has 0 aliphatic carbocycles.